The number of likely N-dealkylation sites (tertiary alicyclic amines) is 1. The number of aliphatic carboxylic acids is 1. The highest BCUT2D eigenvalue weighted by atomic mass is 19.4. The van der Waals surface area contributed by atoms with Crippen molar-refractivity contribution in [1.82, 2.24) is 10.2 Å². The number of halogens is 6. The van der Waals surface area contributed by atoms with E-state index >= 15 is 0 Å². The van der Waals surface area contributed by atoms with Gasteiger partial charge in [0.15, 0.2) is 0 Å². The normalized spacial score (nSPS) is 19.2. The number of carbonyl (C=O) groups excluding carboxylic acids is 1. The number of nitrogens with zero attached hydrogens (tertiary/aromatic N) is 1. The van der Waals surface area contributed by atoms with E-state index in [2.05, 4.69) is 5.32 Å². The fourth-order valence-electron chi connectivity index (χ4n) is 4.06. The highest BCUT2D eigenvalue weighted by molar-refractivity contribution is 5.95. The van der Waals surface area contributed by atoms with E-state index in [9.17, 15) is 35.9 Å². The molecule has 0 saturated carbocycles. The van der Waals surface area contributed by atoms with Crippen molar-refractivity contribution in [3.63, 3.8) is 0 Å². The van der Waals surface area contributed by atoms with Crippen LogP contribution < -0.4 is 5.32 Å². The van der Waals surface area contributed by atoms with Crippen molar-refractivity contribution in [2.75, 3.05) is 13.1 Å². The Labute approximate surface area is 191 Å². The number of rotatable bonds is 6. The van der Waals surface area contributed by atoms with Gasteiger partial charge in [0.25, 0.3) is 5.91 Å². The predicted molar refractivity (Wildman–Crippen MR) is 110 cm³/mol. The maximum absolute atomic E-state index is 13.3. The number of hydrogen-bond acceptors (Lipinski definition) is 3. The maximum Gasteiger partial charge on any atom is 0.416 e. The van der Waals surface area contributed by atoms with Crippen molar-refractivity contribution in [3.05, 3.63) is 70.8 Å². The second kappa shape index (κ2) is 10.0. The van der Waals surface area contributed by atoms with Crippen LogP contribution in [0.15, 0.2) is 48.5 Å². The molecule has 1 heterocycles. The van der Waals surface area contributed by atoms with Gasteiger partial charge in [0.1, 0.15) is 0 Å². The Balaban J connectivity index is 1.93. The van der Waals surface area contributed by atoms with Gasteiger partial charge in [-0.25, -0.2) is 0 Å². The predicted octanol–water partition coefficient (Wildman–Crippen LogP) is 4.61. The van der Waals surface area contributed by atoms with E-state index < -0.39 is 47.0 Å². The van der Waals surface area contributed by atoms with Gasteiger partial charge in [0, 0.05) is 24.2 Å². The molecule has 0 aliphatic carbocycles. The van der Waals surface area contributed by atoms with Crippen LogP contribution in [-0.4, -0.2) is 47.1 Å². The van der Waals surface area contributed by atoms with Gasteiger partial charge in [-0.1, -0.05) is 30.3 Å². The number of benzene rings is 2. The Morgan fingerprint density at radius 2 is 1.56 bits per heavy atom. The van der Waals surface area contributed by atoms with Crippen molar-refractivity contribution in [1.29, 1.82) is 0 Å². The van der Waals surface area contributed by atoms with E-state index in [0.717, 1.165) is 5.56 Å². The molecule has 34 heavy (non-hydrogen) atoms. The molecule has 2 aromatic rings. The lowest BCUT2D eigenvalue weighted by atomic mass is 9.91. The molecule has 0 spiro atoms. The zero-order valence-corrected chi connectivity index (χ0v) is 17.8. The number of carboxylic acids is 1. The molecule has 3 rings (SSSR count). The van der Waals surface area contributed by atoms with E-state index in [-0.39, 0.29) is 25.2 Å². The minimum atomic E-state index is -5.06. The minimum absolute atomic E-state index is 0.0136. The molecule has 1 saturated heterocycles. The Morgan fingerprint density at radius 1 is 0.971 bits per heavy atom. The van der Waals surface area contributed by atoms with E-state index in [0.29, 0.717) is 31.4 Å². The smallest absolute Gasteiger partial charge is 0.416 e. The van der Waals surface area contributed by atoms with Gasteiger partial charge in [-0.05, 0) is 43.0 Å². The molecule has 1 amide bonds. The standard InChI is InChI=1S/C23H22F6N2O3/c24-22(25,26)16-9-15(10-17(11-16)23(27,28)29)21(34)31-7-6-18(30-13-20(32)33)12-19(31)8-14-4-2-1-3-5-14/h1-5,9-11,18-19,30H,6-8,12-13H2,(H,32,33)/t18-,19+/m0/s1. The first-order chi connectivity index (χ1) is 15.8. The third kappa shape index (κ3) is 6.49. The van der Waals surface area contributed by atoms with Crippen LogP contribution in [0.3, 0.4) is 0 Å². The molecule has 1 aliphatic rings. The molecular weight excluding hydrogens is 466 g/mol. The lowest BCUT2D eigenvalue weighted by molar-refractivity contribution is -0.143. The number of alkyl halides is 6. The summed E-state index contributed by atoms with van der Waals surface area (Å²) in [5.41, 5.74) is -2.98. The van der Waals surface area contributed by atoms with Crippen molar-refractivity contribution in [2.45, 2.75) is 43.7 Å². The maximum atomic E-state index is 13.3. The van der Waals surface area contributed by atoms with Crippen LogP contribution >= 0.6 is 0 Å². The van der Waals surface area contributed by atoms with Gasteiger partial charge in [-0.15, -0.1) is 0 Å². The van der Waals surface area contributed by atoms with Crippen molar-refractivity contribution in [3.8, 4) is 0 Å². The summed E-state index contributed by atoms with van der Waals surface area (Å²) in [6, 6.07) is 8.94. The van der Waals surface area contributed by atoms with Gasteiger partial charge >= 0.3 is 18.3 Å². The first-order valence-electron chi connectivity index (χ1n) is 10.4. The summed E-state index contributed by atoms with van der Waals surface area (Å²) in [5, 5.41) is 11.8. The molecule has 2 N–H and O–H groups in total. The number of amides is 1. The average molecular weight is 488 g/mol. The monoisotopic (exact) mass is 488 g/mol. The van der Waals surface area contributed by atoms with Crippen molar-refractivity contribution < 1.29 is 41.0 Å². The van der Waals surface area contributed by atoms with E-state index in [1.54, 1.807) is 30.3 Å². The molecule has 0 bridgehead atoms. The Bertz CT molecular complexity index is 991. The van der Waals surface area contributed by atoms with Gasteiger partial charge in [-0.2, -0.15) is 26.3 Å². The third-order valence-corrected chi connectivity index (χ3v) is 5.67. The SMILES string of the molecule is O=C(O)CN[C@H]1CCN(C(=O)c2cc(C(F)(F)F)cc(C(F)(F)F)c2)[C@H](Cc2ccccc2)C1. The van der Waals surface area contributed by atoms with E-state index in [1.807, 2.05) is 0 Å². The molecule has 0 radical (unpaired) electrons. The Kier molecular flexibility index (Phi) is 7.54. The van der Waals surface area contributed by atoms with Gasteiger partial charge < -0.3 is 15.3 Å². The molecule has 2 atom stereocenters. The summed E-state index contributed by atoms with van der Waals surface area (Å²) in [5.74, 6) is -2.00. The van der Waals surface area contributed by atoms with Crippen molar-refractivity contribution >= 4 is 11.9 Å². The summed E-state index contributed by atoms with van der Waals surface area (Å²) < 4.78 is 79.6. The summed E-state index contributed by atoms with van der Waals surface area (Å²) in [6.45, 7) is -0.259. The zero-order chi connectivity index (χ0) is 25.1. The quantitative estimate of drug-likeness (QED) is 0.583. The van der Waals surface area contributed by atoms with Crippen LogP contribution in [0.1, 0.15) is 39.9 Å². The summed E-state index contributed by atoms with van der Waals surface area (Å²) in [7, 11) is 0. The lowest BCUT2D eigenvalue weighted by Gasteiger charge is -2.40. The lowest BCUT2D eigenvalue weighted by Crippen LogP contribution is -2.52. The topological polar surface area (TPSA) is 69.6 Å². The largest absolute Gasteiger partial charge is 0.480 e. The average Bonchev–Trinajstić information content (AvgIpc) is 2.76. The highest BCUT2D eigenvalue weighted by Gasteiger charge is 2.39. The highest BCUT2D eigenvalue weighted by Crippen LogP contribution is 2.37. The summed E-state index contributed by atoms with van der Waals surface area (Å²) >= 11 is 0. The number of nitrogens with one attached hydrogen (secondary N) is 1. The van der Waals surface area contributed by atoms with Gasteiger partial charge in [0.05, 0.1) is 17.7 Å². The number of carboxylic acid groups (broad SMARTS) is 1. The number of piperidine rings is 1. The minimum Gasteiger partial charge on any atom is -0.480 e. The molecule has 11 heteroatoms. The molecule has 1 fully saturated rings. The van der Waals surface area contributed by atoms with Crippen LogP contribution in [0, 0.1) is 0 Å². The van der Waals surface area contributed by atoms with Crippen LogP contribution in [0.5, 0.6) is 0 Å². The first-order valence-corrected chi connectivity index (χ1v) is 10.4. The molecule has 0 unspecified atom stereocenters. The van der Waals surface area contributed by atoms with Crippen LogP contribution in [0.4, 0.5) is 26.3 Å². The van der Waals surface area contributed by atoms with Crippen molar-refractivity contribution in [2.24, 2.45) is 0 Å². The Hall–Kier alpha value is -3.08. The van der Waals surface area contributed by atoms with Crippen LogP contribution in [-0.2, 0) is 23.6 Å². The van der Waals surface area contributed by atoms with E-state index in [1.165, 1.54) is 4.90 Å². The fourth-order valence-corrected chi connectivity index (χ4v) is 4.06. The molecule has 2 aromatic carbocycles. The summed E-state index contributed by atoms with van der Waals surface area (Å²) in [6.07, 6.45) is -9.22. The number of carbonyl (C=O) groups is 2. The molecule has 5 nitrogen and oxygen atoms in total. The second-order valence-corrected chi connectivity index (χ2v) is 8.13. The summed E-state index contributed by atoms with van der Waals surface area (Å²) in [4.78, 5) is 25.4. The van der Waals surface area contributed by atoms with Gasteiger partial charge in [-0.3, -0.25) is 9.59 Å². The zero-order valence-electron chi connectivity index (χ0n) is 17.8. The Morgan fingerprint density at radius 3 is 2.09 bits per heavy atom. The third-order valence-electron chi connectivity index (χ3n) is 5.67. The molecule has 0 aromatic heterocycles. The van der Waals surface area contributed by atoms with Gasteiger partial charge in [0.2, 0.25) is 0 Å². The molecular formula is C23H22F6N2O3. The number of hydrogen-bond donors (Lipinski definition) is 2. The van der Waals surface area contributed by atoms with E-state index in [4.69, 9.17) is 5.11 Å². The van der Waals surface area contributed by atoms with Crippen LogP contribution in [0.25, 0.3) is 0 Å². The van der Waals surface area contributed by atoms with Crippen LogP contribution in [0.2, 0.25) is 0 Å². The molecule has 1 aliphatic heterocycles. The molecule has 184 valence electrons. The first kappa shape index (κ1) is 25.5. The fraction of sp³-hybridized carbons (Fsp3) is 0.391. The second-order valence-electron chi connectivity index (χ2n) is 8.13.